The first-order valence-electron chi connectivity index (χ1n) is 6.98. The fourth-order valence-electron chi connectivity index (χ4n) is 2.50. The second kappa shape index (κ2) is 7.05. The van der Waals surface area contributed by atoms with Crippen LogP contribution in [0, 0.1) is 5.92 Å². The highest BCUT2D eigenvalue weighted by Gasteiger charge is 2.25. The predicted octanol–water partition coefficient (Wildman–Crippen LogP) is 2.07. The number of carbonyl (C=O) groups excluding carboxylic acids is 1. The molecule has 0 spiro atoms. The van der Waals surface area contributed by atoms with Gasteiger partial charge in [0.25, 0.3) is 5.91 Å². The summed E-state index contributed by atoms with van der Waals surface area (Å²) < 4.78 is 5.45. The standard InChI is InChI=1S/C15H21N3O2/c1-3-11-6-9-17-10-13(11)18-15(19)14-5-4-12(20-14)7-8-16-2/h4-5,7-8,11,13,17H,2-3,6,9-10H2,1H3,(H,18,19)/b8-7-/t11?,13-/m0/s1. The van der Waals surface area contributed by atoms with Crippen molar-refractivity contribution in [3.05, 3.63) is 29.9 Å². The average Bonchev–Trinajstić information content (AvgIpc) is 2.94. The van der Waals surface area contributed by atoms with Gasteiger partial charge in [-0.25, -0.2) is 0 Å². The Morgan fingerprint density at radius 2 is 2.50 bits per heavy atom. The number of piperidine rings is 1. The van der Waals surface area contributed by atoms with Crippen LogP contribution in [0.4, 0.5) is 0 Å². The lowest BCUT2D eigenvalue weighted by Crippen LogP contribution is -2.50. The zero-order valence-corrected chi connectivity index (χ0v) is 11.8. The fourth-order valence-corrected chi connectivity index (χ4v) is 2.50. The topological polar surface area (TPSA) is 66.6 Å². The van der Waals surface area contributed by atoms with Gasteiger partial charge in [0, 0.05) is 18.8 Å². The number of amides is 1. The summed E-state index contributed by atoms with van der Waals surface area (Å²) in [4.78, 5) is 15.8. The maximum atomic E-state index is 12.2. The molecule has 1 fully saturated rings. The van der Waals surface area contributed by atoms with E-state index in [1.807, 2.05) is 0 Å². The maximum absolute atomic E-state index is 12.2. The van der Waals surface area contributed by atoms with Crippen LogP contribution in [0.1, 0.15) is 36.1 Å². The average molecular weight is 275 g/mol. The maximum Gasteiger partial charge on any atom is 0.287 e. The molecule has 2 atom stereocenters. The van der Waals surface area contributed by atoms with Crippen molar-refractivity contribution in [2.75, 3.05) is 13.1 Å². The van der Waals surface area contributed by atoms with Crippen molar-refractivity contribution in [3.63, 3.8) is 0 Å². The van der Waals surface area contributed by atoms with Crippen LogP contribution in [0.15, 0.2) is 27.7 Å². The van der Waals surface area contributed by atoms with Crippen molar-refractivity contribution in [1.82, 2.24) is 10.6 Å². The minimum atomic E-state index is -0.164. The number of nitrogens with zero attached hydrogens (tertiary/aromatic N) is 1. The summed E-state index contributed by atoms with van der Waals surface area (Å²) >= 11 is 0. The van der Waals surface area contributed by atoms with E-state index in [-0.39, 0.29) is 11.9 Å². The molecule has 5 nitrogen and oxygen atoms in total. The number of nitrogens with one attached hydrogen (secondary N) is 2. The van der Waals surface area contributed by atoms with Crippen molar-refractivity contribution >= 4 is 18.7 Å². The Hall–Kier alpha value is -1.88. The Balaban J connectivity index is 1.98. The molecule has 2 rings (SSSR count). The summed E-state index contributed by atoms with van der Waals surface area (Å²) in [6.07, 6.45) is 5.36. The zero-order valence-electron chi connectivity index (χ0n) is 11.8. The Labute approximate surface area is 119 Å². The summed E-state index contributed by atoms with van der Waals surface area (Å²) in [6.45, 7) is 7.35. The molecule has 1 aliphatic heterocycles. The zero-order chi connectivity index (χ0) is 14.4. The molecule has 1 aromatic rings. The summed E-state index contributed by atoms with van der Waals surface area (Å²) in [5.74, 6) is 1.29. The first kappa shape index (κ1) is 14.5. The Morgan fingerprint density at radius 1 is 1.65 bits per heavy atom. The van der Waals surface area contributed by atoms with Crippen molar-refractivity contribution in [2.45, 2.75) is 25.8 Å². The molecule has 5 heteroatoms. The van der Waals surface area contributed by atoms with E-state index in [0.717, 1.165) is 25.9 Å². The Bertz CT molecular complexity index is 493. The van der Waals surface area contributed by atoms with Crippen LogP contribution in [0.2, 0.25) is 0 Å². The molecule has 0 saturated carbocycles. The monoisotopic (exact) mass is 275 g/mol. The Kier molecular flexibility index (Phi) is 5.12. The Morgan fingerprint density at radius 3 is 3.25 bits per heavy atom. The van der Waals surface area contributed by atoms with Gasteiger partial charge in [-0.2, -0.15) is 0 Å². The van der Waals surface area contributed by atoms with Gasteiger partial charge in [0.1, 0.15) is 5.76 Å². The van der Waals surface area contributed by atoms with Gasteiger partial charge in [0.05, 0.1) is 0 Å². The lowest BCUT2D eigenvalue weighted by Gasteiger charge is -2.31. The number of furan rings is 1. The minimum absolute atomic E-state index is 0.164. The van der Waals surface area contributed by atoms with E-state index in [1.165, 1.54) is 6.20 Å². The van der Waals surface area contributed by atoms with E-state index in [2.05, 4.69) is 29.3 Å². The molecule has 2 N–H and O–H groups in total. The van der Waals surface area contributed by atoms with E-state index in [4.69, 9.17) is 4.42 Å². The van der Waals surface area contributed by atoms with Gasteiger partial charge in [-0.1, -0.05) is 13.3 Å². The van der Waals surface area contributed by atoms with E-state index in [9.17, 15) is 4.79 Å². The first-order valence-corrected chi connectivity index (χ1v) is 6.98. The van der Waals surface area contributed by atoms with Crippen LogP contribution in [0.3, 0.4) is 0 Å². The SMILES string of the molecule is C=N/C=C\c1ccc(C(=O)N[C@H]2CNCCC2CC)o1. The largest absolute Gasteiger partial charge is 0.452 e. The van der Waals surface area contributed by atoms with Gasteiger partial charge in [-0.05, 0) is 43.8 Å². The predicted molar refractivity (Wildman–Crippen MR) is 79.8 cm³/mol. The second-order valence-corrected chi connectivity index (χ2v) is 4.94. The molecule has 1 unspecified atom stereocenters. The van der Waals surface area contributed by atoms with Crippen molar-refractivity contribution in [3.8, 4) is 0 Å². The lowest BCUT2D eigenvalue weighted by atomic mass is 9.90. The number of aliphatic imine (C=N–C) groups is 1. The molecule has 1 amide bonds. The summed E-state index contributed by atoms with van der Waals surface area (Å²) in [5, 5.41) is 6.36. The summed E-state index contributed by atoms with van der Waals surface area (Å²) in [5.41, 5.74) is 0. The molecule has 0 aromatic carbocycles. The van der Waals surface area contributed by atoms with Crippen molar-refractivity contribution in [2.24, 2.45) is 10.9 Å². The fraction of sp³-hybridized carbons (Fsp3) is 0.467. The first-order chi connectivity index (χ1) is 9.74. The number of hydrogen-bond acceptors (Lipinski definition) is 4. The molecule has 108 valence electrons. The third-order valence-electron chi connectivity index (χ3n) is 3.66. The molecule has 1 aliphatic rings. The van der Waals surface area contributed by atoms with E-state index in [1.54, 1.807) is 18.2 Å². The third-order valence-corrected chi connectivity index (χ3v) is 3.66. The number of hydrogen-bond donors (Lipinski definition) is 2. The van der Waals surface area contributed by atoms with Gasteiger partial charge < -0.3 is 15.1 Å². The molecule has 1 saturated heterocycles. The molecular formula is C15H21N3O2. The molecule has 0 aliphatic carbocycles. The number of rotatable bonds is 5. The van der Waals surface area contributed by atoms with E-state index in [0.29, 0.717) is 17.4 Å². The van der Waals surface area contributed by atoms with E-state index < -0.39 is 0 Å². The molecule has 0 bridgehead atoms. The highest BCUT2D eigenvalue weighted by molar-refractivity contribution is 5.91. The van der Waals surface area contributed by atoms with Gasteiger partial charge in [0.15, 0.2) is 5.76 Å². The van der Waals surface area contributed by atoms with Crippen LogP contribution >= 0.6 is 0 Å². The number of carbonyl (C=O) groups is 1. The van der Waals surface area contributed by atoms with E-state index >= 15 is 0 Å². The lowest BCUT2D eigenvalue weighted by molar-refractivity contribution is 0.0882. The molecule has 1 aromatic heterocycles. The summed E-state index contributed by atoms with van der Waals surface area (Å²) in [7, 11) is 0. The smallest absolute Gasteiger partial charge is 0.287 e. The van der Waals surface area contributed by atoms with Gasteiger partial charge >= 0.3 is 0 Å². The van der Waals surface area contributed by atoms with Crippen molar-refractivity contribution in [1.29, 1.82) is 0 Å². The molecule has 20 heavy (non-hydrogen) atoms. The highest BCUT2D eigenvalue weighted by atomic mass is 16.3. The van der Waals surface area contributed by atoms with Crippen LogP contribution < -0.4 is 10.6 Å². The normalized spacial score (nSPS) is 22.9. The molecule has 0 radical (unpaired) electrons. The summed E-state index contributed by atoms with van der Waals surface area (Å²) in [6, 6.07) is 3.59. The van der Waals surface area contributed by atoms with Crippen LogP contribution in [0.5, 0.6) is 0 Å². The van der Waals surface area contributed by atoms with Crippen LogP contribution in [0.25, 0.3) is 6.08 Å². The minimum Gasteiger partial charge on any atom is -0.452 e. The van der Waals surface area contributed by atoms with Gasteiger partial charge in [0.2, 0.25) is 0 Å². The molecule has 2 heterocycles. The van der Waals surface area contributed by atoms with Crippen molar-refractivity contribution < 1.29 is 9.21 Å². The van der Waals surface area contributed by atoms with Gasteiger partial charge in [-0.3, -0.25) is 9.79 Å². The second-order valence-electron chi connectivity index (χ2n) is 4.94. The van der Waals surface area contributed by atoms with Crippen LogP contribution in [-0.2, 0) is 0 Å². The highest BCUT2D eigenvalue weighted by Crippen LogP contribution is 2.17. The van der Waals surface area contributed by atoms with Crippen LogP contribution in [-0.4, -0.2) is 31.8 Å². The molecular weight excluding hydrogens is 254 g/mol. The van der Waals surface area contributed by atoms with Gasteiger partial charge in [-0.15, -0.1) is 0 Å². The third kappa shape index (κ3) is 3.57. The quantitative estimate of drug-likeness (QED) is 0.808.